The summed E-state index contributed by atoms with van der Waals surface area (Å²) in [6.07, 6.45) is 7.23. The zero-order valence-corrected chi connectivity index (χ0v) is 15.9. The summed E-state index contributed by atoms with van der Waals surface area (Å²) < 4.78 is 0. The van der Waals surface area contributed by atoms with E-state index in [1.54, 1.807) is 0 Å². The fraction of sp³-hybridized carbons (Fsp3) is 0.857. The molecule has 0 radical (unpaired) electrons. The van der Waals surface area contributed by atoms with E-state index in [4.69, 9.17) is 5.73 Å². The van der Waals surface area contributed by atoms with Gasteiger partial charge < -0.3 is 21.1 Å². The van der Waals surface area contributed by atoms with Crippen LogP contribution in [0.5, 0.6) is 0 Å². The number of allylic oxidation sites excluding steroid dienone is 1. The Hall–Kier alpha value is -0.750. The Morgan fingerprint density at radius 1 is 1.27 bits per heavy atom. The van der Waals surface area contributed by atoms with E-state index in [2.05, 4.69) is 13.0 Å². The summed E-state index contributed by atoms with van der Waals surface area (Å²) in [6, 6.07) is 0.124. The van der Waals surface area contributed by atoms with E-state index in [0.717, 1.165) is 32.1 Å². The number of nitrogens with two attached hydrogens (primary N) is 1. The highest BCUT2D eigenvalue weighted by Gasteiger charge is 2.68. The molecular formula is C21H33NO4. The number of hydrogen-bond donors (Lipinski definition) is 4. The molecule has 26 heavy (non-hydrogen) atoms. The standard InChI is InChI=1S/C21H33NO4/c1-19-7-5-13(22)9-12(19)3-4-14-15-6-8-21(26,17(25)11-23)20(15,2)10-16(24)18(14)19/h9,13-16,18,23-24,26H,3-8,10-11,22H2,1-2H3/t13-,14+,15+,16+,18-,19+,20+,21+/m1/s1. The third kappa shape index (κ3) is 2.20. The first-order chi connectivity index (χ1) is 12.2. The van der Waals surface area contributed by atoms with Crippen molar-refractivity contribution >= 4 is 5.78 Å². The van der Waals surface area contributed by atoms with Crippen LogP contribution >= 0.6 is 0 Å². The molecule has 3 fully saturated rings. The van der Waals surface area contributed by atoms with Crippen LogP contribution in [-0.4, -0.2) is 45.5 Å². The Kier molecular flexibility index (Phi) is 4.20. The molecule has 0 aromatic heterocycles. The molecule has 0 heterocycles. The molecule has 0 saturated heterocycles. The minimum Gasteiger partial charge on any atom is -0.393 e. The average molecular weight is 363 g/mol. The van der Waals surface area contributed by atoms with E-state index < -0.39 is 29.5 Å². The first-order valence-corrected chi connectivity index (χ1v) is 10.2. The Morgan fingerprint density at radius 3 is 2.69 bits per heavy atom. The minimum atomic E-state index is -1.51. The van der Waals surface area contributed by atoms with Crippen molar-refractivity contribution < 1.29 is 20.1 Å². The van der Waals surface area contributed by atoms with E-state index in [1.807, 2.05) is 6.92 Å². The van der Waals surface area contributed by atoms with Crippen molar-refractivity contribution in [1.82, 2.24) is 0 Å². The van der Waals surface area contributed by atoms with Crippen molar-refractivity contribution in [2.24, 2.45) is 34.3 Å². The lowest BCUT2D eigenvalue weighted by atomic mass is 9.45. The van der Waals surface area contributed by atoms with Gasteiger partial charge in [-0.3, -0.25) is 4.79 Å². The Labute approximate surface area is 155 Å². The Morgan fingerprint density at radius 2 is 2.00 bits per heavy atom. The summed E-state index contributed by atoms with van der Waals surface area (Å²) in [5, 5.41) is 31.8. The monoisotopic (exact) mass is 363 g/mol. The molecule has 146 valence electrons. The van der Waals surface area contributed by atoms with Gasteiger partial charge in [-0.2, -0.15) is 0 Å². The SMILES string of the molecule is C[C@]12CC[C@@H](N)C=C1CC[C@@H]1[C@@H]2[C@@H](O)C[C@@]2(C)[C@H]1CC[C@]2(O)C(=O)CO. The first kappa shape index (κ1) is 18.6. The molecular weight excluding hydrogens is 330 g/mol. The van der Waals surface area contributed by atoms with Gasteiger partial charge in [-0.25, -0.2) is 0 Å². The van der Waals surface area contributed by atoms with E-state index in [9.17, 15) is 20.1 Å². The van der Waals surface area contributed by atoms with Gasteiger partial charge in [0.05, 0.1) is 6.10 Å². The molecule has 0 aromatic carbocycles. The van der Waals surface area contributed by atoms with E-state index >= 15 is 0 Å². The van der Waals surface area contributed by atoms with Gasteiger partial charge in [0.1, 0.15) is 12.2 Å². The highest BCUT2D eigenvalue weighted by atomic mass is 16.3. The maximum Gasteiger partial charge on any atom is 0.190 e. The number of aliphatic hydroxyl groups excluding tert-OH is 2. The van der Waals surface area contributed by atoms with E-state index in [1.165, 1.54) is 5.57 Å². The van der Waals surface area contributed by atoms with Crippen molar-refractivity contribution in [2.45, 2.75) is 76.5 Å². The van der Waals surface area contributed by atoms with Gasteiger partial charge in [-0.1, -0.05) is 25.5 Å². The number of fused-ring (bicyclic) bond motifs is 5. The summed E-state index contributed by atoms with van der Waals surface area (Å²) in [4.78, 5) is 12.4. The van der Waals surface area contributed by atoms with Crippen LogP contribution in [0.2, 0.25) is 0 Å². The predicted molar refractivity (Wildman–Crippen MR) is 98.1 cm³/mol. The highest BCUT2D eigenvalue weighted by Crippen LogP contribution is 2.67. The Balaban J connectivity index is 1.72. The van der Waals surface area contributed by atoms with Gasteiger partial charge in [0.25, 0.3) is 0 Å². The number of aliphatic hydroxyl groups is 3. The maximum absolute atomic E-state index is 12.4. The number of carbonyl (C=O) groups is 1. The molecule has 0 spiro atoms. The largest absolute Gasteiger partial charge is 0.393 e. The van der Waals surface area contributed by atoms with E-state index in [0.29, 0.717) is 18.8 Å². The summed E-state index contributed by atoms with van der Waals surface area (Å²) in [5.74, 6) is 0.199. The zero-order valence-electron chi connectivity index (χ0n) is 15.9. The number of hydrogen-bond acceptors (Lipinski definition) is 5. The summed E-state index contributed by atoms with van der Waals surface area (Å²) in [6.45, 7) is 3.61. The zero-order chi connectivity index (χ0) is 18.9. The van der Waals surface area contributed by atoms with Gasteiger partial charge in [-0.05, 0) is 68.1 Å². The molecule has 8 atom stereocenters. The topological polar surface area (TPSA) is 104 Å². The predicted octanol–water partition coefficient (Wildman–Crippen LogP) is 1.54. The molecule has 0 bridgehead atoms. The number of rotatable bonds is 2. The van der Waals surface area contributed by atoms with E-state index in [-0.39, 0.29) is 23.3 Å². The van der Waals surface area contributed by atoms with Gasteiger partial charge in [0.2, 0.25) is 0 Å². The van der Waals surface area contributed by atoms with Crippen molar-refractivity contribution in [3.05, 3.63) is 11.6 Å². The molecule has 4 aliphatic carbocycles. The van der Waals surface area contributed by atoms with Gasteiger partial charge in [-0.15, -0.1) is 0 Å². The molecule has 5 nitrogen and oxygen atoms in total. The number of carbonyl (C=O) groups excluding carboxylic acids is 1. The van der Waals surface area contributed by atoms with Gasteiger partial charge in [0, 0.05) is 11.5 Å². The average Bonchev–Trinajstić information content (AvgIpc) is 2.86. The number of ketones is 1. The second kappa shape index (κ2) is 5.87. The smallest absolute Gasteiger partial charge is 0.190 e. The quantitative estimate of drug-likeness (QED) is 0.557. The lowest BCUT2D eigenvalue weighted by Crippen LogP contribution is -2.62. The van der Waals surface area contributed by atoms with Crippen molar-refractivity contribution in [3.63, 3.8) is 0 Å². The van der Waals surface area contributed by atoms with Crippen LogP contribution in [0.4, 0.5) is 0 Å². The van der Waals surface area contributed by atoms with Crippen LogP contribution in [0.3, 0.4) is 0 Å². The highest BCUT2D eigenvalue weighted by molar-refractivity contribution is 5.89. The third-order valence-corrected chi connectivity index (χ3v) is 8.84. The van der Waals surface area contributed by atoms with Crippen LogP contribution in [0, 0.1) is 28.6 Å². The second-order valence-electron chi connectivity index (χ2n) is 9.82. The summed E-state index contributed by atoms with van der Waals surface area (Å²) in [5.41, 5.74) is 5.37. The minimum absolute atomic E-state index is 0.0266. The van der Waals surface area contributed by atoms with Crippen LogP contribution in [0.25, 0.3) is 0 Å². The third-order valence-electron chi connectivity index (χ3n) is 8.84. The Bertz CT molecular complexity index is 648. The molecule has 0 amide bonds. The lowest BCUT2D eigenvalue weighted by Gasteiger charge is -2.60. The normalized spacial score (nSPS) is 53.3. The lowest BCUT2D eigenvalue weighted by molar-refractivity contribution is -0.182. The molecule has 0 aliphatic heterocycles. The van der Waals surface area contributed by atoms with Crippen molar-refractivity contribution in [1.29, 1.82) is 0 Å². The summed E-state index contributed by atoms with van der Waals surface area (Å²) in [7, 11) is 0. The molecule has 0 aromatic rings. The molecule has 4 rings (SSSR count). The van der Waals surface area contributed by atoms with Crippen LogP contribution in [0.15, 0.2) is 11.6 Å². The van der Waals surface area contributed by atoms with Crippen LogP contribution in [-0.2, 0) is 4.79 Å². The molecule has 5 heteroatoms. The fourth-order valence-corrected chi connectivity index (χ4v) is 7.48. The van der Waals surface area contributed by atoms with Crippen molar-refractivity contribution in [3.8, 4) is 0 Å². The maximum atomic E-state index is 12.4. The molecule has 0 unspecified atom stereocenters. The first-order valence-electron chi connectivity index (χ1n) is 10.2. The fourth-order valence-electron chi connectivity index (χ4n) is 7.48. The van der Waals surface area contributed by atoms with Crippen molar-refractivity contribution in [2.75, 3.05) is 6.61 Å². The molecule has 3 saturated carbocycles. The van der Waals surface area contributed by atoms with Gasteiger partial charge >= 0.3 is 0 Å². The van der Waals surface area contributed by atoms with Crippen LogP contribution in [0.1, 0.15) is 58.8 Å². The summed E-state index contributed by atoms with van der Waals surface area (Å²) >= 11 is 0. The van der Waals surface area contributed by atoms with Crippen LogP contribution < -0.4 is 5.73 Å². The molecule has 4 aliphatic rings. The second-order valence-corrected chi connectivity index (χ2v) is 9.82. The van der Waals surface area contributed by atoms with Gasteiger partial charge in [0.15, 0.2) is 5.78 Å². The molecule has 5 N–H and O–H groups in total. The number of Topliss-reactive ketones (excluding diaryl/α,β-unsaturated/α-hetero) is 1.